The molecule has 0 aliphatic carbocycles. The number of furan rings is 1. The van der Waals surface area contributed by atoms with Crippen LogP contribution in [0.15, 0.2) is 46.5 Å². The number of benzene rings is 1. The molecular formula is C21H22N4O4. The summed E-state index contributed by atoms with van der Waals surface area (Å²) in [5, 5.41) is 4.55. The summed E-state index contributed by atoms with van der Waals surface area (Å²) in [5.41, 5.74) is 1.61. The van der Waals surface area contributed by atoms with Gasteiger partial charge in [0.05, 0.1) is 0 Å². The van der Waals surface area contributed by atoms with Gasteiger partial charge in [0.25, 0.3) is 11.8 Å². The first-order valence-electron chi connectivity index (χ1n) is 9.52. The minimum Gasteiger partial charge on any atom is -0.457 e. The van der Waals surface area contributed by atoms with Gasteiger partial charge in [0.2, 0.25) is 0 Å². The molecule has 0 atom stereocenters. The Hall–Kier alpha value is -3.39. The number of carbonyl (C=O) groups is 3. The summed E-state index contributed by atoms with van der Waals surface area (Å²) in [6, 6.07) is 10.2. The van der Waals surface area contributed by atoms with Crippen molar-refractivity contribution in [1.29, 1.82) is 0 Å². The highest BCUT2D eigenvalue weighted by molar-refractivity contribution is 6.13. The van der Waals surface area contributed by atoms with Crippen LogP contribution in [0, 0.1) is 0 Å². The SMILES string of the molecule is CN1CCCN(C(=O)c2ccc(-c3ccc(/C=C4/NC(=O)NC4=O)o3)cc2)CC1. The van der Waals surface area contributed by atoms with E-state index in [-0.39, 0.29) is 11.6 Å². The van der Waals surface area contributed by atoms with Gasteiger partial charge in [-0.1, -0.05) is 12.1 Å². The average molecular weight is 394 g/mol. The van der Waals surface area contributed by atoms with Crippen molar-refractivity contribution in [2.75, 3.05) is 33.2 Å². The zero-order valence-electron chi connectivity index (χ0n) is 16.1. The average Bonchev–Trinajstić information content (AvgIpc) is 3.23. The van der Waals surface area contributed by atoms with Crippen LogP contribution >= 0.6 is 0 Å². The first-order chi connectivity index (χ1) is 14.0. The Labute approximate surface area is 168 Å². The van der Waals surface area contributed by atoms with Crippen LogP contribution in [0.1, 0.15) is 22.5 Å². The van der Waals surface area contributed by atoms with E-state index in [1.54, 1.807) is 24.3 Å². The van der Waals surface area contributed by atoms with Gasteiger partial charge in [-0.2, -0.15) is 0 Å². The van der Waals surface area contributed by atoms with Gasteiger partial charge in [0, 0.05) is 36.8 Å². The predicted molar refractivity (Wildman–Crippen MR) is 107 cm³/mol. The maximum absolute atomic E-state index is 12.8. The highest BCUT2D eigenvalue weighted by atomic mass is 16.3. The maximum Gasteiger partial charge on any atom is 0.326 e. The molecule has 1 aromatic heterocycles. The van der Waals surface area contributed by atoms with E-state index in [1.807, 2.05) is 17.0 Å². The van der Waals surface area contributed by atoms with Gasteiger partial charge in [-0.05, 0) is 44.3 Å². The van der Waals surface area contributed by atoms with Gasteiger partial charge in [-0.15, -0.1) is 0 Å². The predicted octanol–water partition coefficient (Wildman–Crippen LogP) is 1.90. The van der Waals surface area contributed by atoms with E-state index in [0.717, 1.165) is 38.2 Å². The lowest BCUT2D eigenvalue weighted by molar-refractivity contribution is -0.115. The van der Waals surface area contributed by atoms with Crippen molar-refractivity contribution in [3.63, 3.8) is 0 Å². The van der Waals surface area contributed by atoms with Crippen molar-refractivity contribution in [1.82, 2.24) is 20.4 Å². The first-order valence-corrected chi connectivity index (χ1v) is 9.52. The van der Waals surface area contributed by atoms with Gasteiger partial charge in [0.1, 0.15) is 17.2 Å². The molecule has 8 heteroatoms. The molecule has 2 fully saturated rings. The number of hydrogen-bond acceptors (Lipinski definition) is 5. The molecule has 4 rings (SSSR count). The minimum absolute atomic E-state index is 0.0414. The molecule has 0 spiro atoms. The number of urea groups is 1. The Kier molecular flexibility index (Phi) is 5.18. The molecule has 2 aliphatic heterocycles. The number of nitrogens with one attached hydrogen (secondary N) is 2. The number of rotatable bonds is 3. The van der Waals surface area contributed by atoms with Crippen LogP contribution in [-0.4, -0.2) is 60.9 Å². The third-order valence-corrected chi connectivity index (χ3v) is 5.06. The van der Waals surface area contributed by atoms with Gasteiger partial charge in [-0.25, -0.2) is 4.79 Å². The molecule has 3 heterocycles. The zero-order chi connectivity index (χ0) is 20.4. The highest BCUT2D eigenvalue weighted by Gasteiger charge is 2.23. The zero-order valence-corrected chi connectivity index (χ0v) is 16.1. The Morgan fingerprint density at radius 1 is 1.00 bits per heavy atom. The number of nitrogens with zero attached hydrogens (tertiary/aromatic N) is 2. The van der Waals surface area contributed by atoms with Gasteiger partial charge in [0.15, 0.2) is 0 Å². The van der Waals surface area contributed by atoms with Crippen molar-refractivity contribution in [3.8, 4) is 11.3 Å². The van der Waals surface area contributed by atoms with E-state index in [9.17, 15) is 14.4 Å². The fourth-order valence-corrected chi connectivity index (χ4v) is 3.42. The summed E-state index contributed by atoms with van der Waals surface area (Å²) in [7, 11) is 2.07. The monoisotopic (exact) mass is 394 g/mol. The number of imide groups is 1. The van der Waals surface area contributed by atoms with Crippen LogP contribution in [0.3, 0.4) is 0 Å². The van der Waals surface area contributed by atoms with E-state index in [1.165, 1.54) is 6.08 Å². The fraction of sp³-hybridized carbons (Fsp3) is 0.286. The third-order valence-electron chi connectivity index (χ3n) is 5.06. The lowest BCUT2D eigenvalue weighted by Crippen LogP contribution is -2.34. The maximum atomic E-state index is 12.8. The molecule has 2 aliphatic rings. The molecule has 0 unspecified atom stereocenters. The standard InChI is InChI=1S/C21H22N4O4/c1-24-9-2-10-25(12-11-24)20(27)15-5-3-14(4-6-15)18-8-7-16(29-18)13-17-19(26)23-21(28)22-17/h3-8,13H,2,9-12H2,1H3,(H2,22,23,26,28)/b17-13+. The van der Waals surface area contributed by atoms with Crippen LogP contribution < -0.4 is 10.6 Å². The Balaban J connectivity index is 1.46. The molecule has 2 aromatic rings. The molecule has 150 valence electrons. The first kappa shape index (κ1) is 18.9. The Morgan fingerprint density at radius 3 is 2.52 bits per heavy atom. The van der Waals surface area contributed by atoms with E-state index < -0.39 is 11.9 Å². The summed E-state index contributed by atoms with van der Waals surface area (Å²) in [5.74, 6) is 0.605. The molecule has 4 amide bonds. The summed E-state index contributed by atoms with van der Waals surface area (Å²) in [4.78, 5) is 39.7. The van der Waals surface area contributed by atoms with E-state index in [4.69, 9.17) is 4.42 Å². The molecule has 8 nitrogen and oxygen atoms in total. The van der Waals surface area contributed by atoms with Crippen molar-refractivity contribution in [2.24, 2.45) is 0 Å². The van der Waals surface area contributed by atoms with Gasteiger partial charge >= 0.3 is 6.03 Å². The summed E-state index contributed by atoms with van der Waals surface area (Å²) < 4.78 is 5.75. The fourth-order valence-electron chi connectivity index (χ4n) is 3.42. The second-order valence-electron chi connectivity index (χ2n) is 7.19. The molecule has 0 radical (unpaired) electrons. The van der Waals surface area contributed by atoms with Crippen LogP contribution in [-0.2, 0) is 4.79 Å². The van der Waals surface area contributed by atoms with Crippen LogP contribution in [0.5, 0.6) is 0 Å². The van der Waals surface area contributed by atoms with Crippen molar-refractivity contribution in [3.05, 3.63) is 53.4 Å². The van der Waals surface area contributed by atoms with Crippen LogP contribution in [0.4, 0.5) is 4.79 Å². The summed E-state index contributed by atoms with van der Waals surface area (Å²) in [6.45, 7) is 3.39. The molecule has 29 heavy (non-hydrogen) atoms. The Morgan fingerprint density at radius 2 is 1.79 bits per heavy atom. The van der Waals surface area contributed by atoms with E-state index in [0.29, 0.717) is 17.1 Å². The number of likely N-dealkylation sites (N-methyl/N-ethyl adjacent to an activating group) is 1. The lowest BCUT2D eigenvalue weighted by atomic mass is 10.1. The highest BCUT2D eigenvalue weighted by Crippen LogP contribution is 2.24. The molecular weight excluding hydrogens is 372 g/mol. The lowest BCUT2D eigenvalue weighted by Gasteiger charge is -2.20. The summed E-state index contributed by atoms with van der Waals surface area (Å²) in [6.07, 6.45) is 2.45. The number of amides is 4. The molecule has 2 saturated heterocycles. The second-order valence-corrected chi connectivity index (χ2v) is 7.19. The van der Waals surface area contributed by atoms with Crippen LogP contribution in [0.25, 0.3) is 17.4 Å². The number of hydrogen-bond donors (Lipinski definition) is 2. The van der Waals surface area contributed by atoms with Crippen molar-refractivity contribution in [2.45, 2.75) is 6.42 Å². The third kappa shape index (κ3) is 4.22. The van der Waals surface area contributed by atoms with E-state index in [2.05, 4.69) is 22.6 Å². The molecule has 0 bridgehead atoms. The van der Waals surface area contributed by atoms with Crippen molar-refractivity contribution >= 4 is 23.9 Å². The normalized spacial score (nSPS) is 19.2. The number of carbonyl (C=O) groups excluding carboxylic acids is 3. The van der Waals surface area contributed by atoms with E-state index >= 15 is 0 Å². The van der Waals surface area contributed by atoms with Gasteiger partial charge in [-0.3, -0.25) is 14.9 Å². The minimum atomic E-state index is -0.552. The summed E-state index contributed by atoms with van der Waals surface area (Å²) >= 11 is 0. The Bertz CT molecular complexity index is 977. The smallest absolute Gasteiger partial charge is 0.326 e. The quantitative estimate of drug-likeness (QED) is 0.613. The topological polar surface area (TPSA) is 94.9 Å². The molecule has 0 saturated carbocycles. The van der Waals surface area contributed by atoms with Gasteiger partial charge < -0.3 is 19.5 Å². The van der Waals surface area contributed by atoms with Crippen LogP contribution in [0.2, 0.25) is 0 Å². The van der Waals surface area contributed by atoms with Crippen molar-refractivity contribution < 1.29 is 18.8 Å². The molecule has 2 N–H and O–H groups in total. The largest absolute Gasteiger partial charge is 0.457 e. The molecule has 1 aromatic carbocycles. The second kappa shape index (κ2) is 7.92.